The van der Waals surface area contributed by atoms with Gasteiger partial charge in [0.1, 0.15) is 17.3 Å². The molecule has 0 aliphatic carbocycles. The Balaban J connectivity index is 1.70. The van der Waals surface area contributed by atoms with Crippen LogP contribution in [0.15, 0.2) is 18.2 Å². The van der Waals surface area contributed by atoms with Gasteiger partial charge in [-0.2, -0.15) is 4.37 Å². The minimum absolute atomic E-state index is 0.366. The number of hydrogen-bond donors (Lipinski definition) is 1. The molecular formula is C16H22N4O2S. The lowest BCUT2D eigenvalue weighted by Crippen LogP contribution is -2.42. The quantitative estimate of drug-likeness (QED) is 0.907. The molecular weight excluding hydrogens is 312 g/mol. The zero-order valence-corrected chi connectivity index (χ0v) is 14.5. The summed E-state index contributed by atoms with van der Waals surface area (Å²) in [7, 11) is 3.33. The zero-order valence-electron chi connectivity index (χ0n) is 13.7. The predicted octanol–water partition coefficient (Wildman–Crippen LogP) is 2.94. The molecule has 0 spiro atoms. The van der Waals surface area contributed by atoms with Gasteiger partial charge in [-0.15, -0.1) is 0 Å². The van der Waals surface area contributed by atoms with E-state index in [0.29, 0.717) is 6.04 Å². The molecule has 1 aliphatic heterocycles. The summed E-state index contributed by atoms with van der Waals surface area (Å²) >= 11 is 1.47. The third kappa shape index (κ3) is 3.85. The standard InChI is InChI=1S/C16H22N4O2S/c1-11-17-16(23-19-11)20-6-4-5-12(10-20)18-13-7-14(21-2)9-15(8-13)22-3/h7-9,12,18H,4-6,10H2,1-3H3/t12-/m0/s1. The lowest BCUT2D eigenvalue weighted by atomic mass is 10.1. The van der Waals surface area contributed by atoms with E-state index in [1.807, 2.05) is 25.1 Å². The van der Waals surface area contributed by atoms with Crippen LogP contribution in [0.3, 0.4) is 0 Å². The number of rotatable bonds is 5. The van der Waals surface area contributed by atoms with Gasteiger partial charge in [0.15, 0.2) is 0 Å². The summed E-state index contributed by atoms with van der Waals surface area (Å²) < 4.78 is 14.9. The third-order valence-corrected chi connectivity index (χ3v) is 4.80. The van der Waals surface area contributed by atoms with Gasteiger partial charge in [-0.05, 0) is 19.8 Å². The van der Waals surface area contributed by atoms with Crippen LogP contribution in [0.25, 0.3) is 0 Å². The average Bonchev–Trinajstić information content (AvgIpc) is 3.01. The second-order valence-electron chi connectivity index (χ2n) is 5.66. The maximum absolute atomic E-state index is 5.33. The number of aromatic nitrogens is 2. The van der Waals surface area contributed by atoms with Crippen molar-refractivity contribution < 1.29 is 9.47 Å². The molecule has 0 saturated carbocycles. The van der Waals surface area contributed by atoms with Gasteiger partial charge in [0.2, 0.25) is 5.13 Å². The van der Waals surface area contributed by atoms with Crippen LogP contribution in [0.5, 0.6) is 11.5 Å². The minimum atomic E-state index is 0.366. The highest BCUT2D eigenvalue weighted by Crippen LogP contribution is 2.28. The van der Waals surface area contributed by atoms with Crippen molar-refractivity contribution in [1.82, 2.24) is 9.36 Å². The lowest BCUT2D eigenvalue weighted by Gasteiger charge is -2.33. The average molecular weight is 334 g/mol. The molecule has 2 heterocycles. The van der Waals surface area contributed by atoms with Crippen molar-refractivity contribution in [2.75, 3.05) is 37.5 Å². The van der Waals surface area contributed by atoms with E-state index >= 15 is 0 Å². The van der Waals surface area contributed by atoms with Crippen molar-refractivity contribution in [2.45, 2.75) is 25.8 Å². The van der Waals surface area contributed by atoms with E-state index in [1.165, 1.54) is 11.5 Å². The third-order valence-electron chi connectivity index (χ3n) is 3.93. The second kappa shape index (κ2) is 7.04. The van der Waals surface area contributed by atoms with Gasteiger partial charge in [0.05, 0.1) is 14.2 Å². The Hall–Kier alpha value is -2.02. The number of methoxy groups -OCH3 is 2. The molecule has 0 bridgehead atoms. The molecule has 6 nitrogen and oxygen atoms in total. The highest BCUT2D eigenvalue weighted by atomic mass is 32.1. The molecule has 0 radical (unpaired) electrons. The van der Waals surface area contributed by atoms with Crippen molar-refractivity contribution in [3.05, 3.63) is 24.0 Å². The lowest BCUT2D eigenvalue weighted by molar-refractivity contribution is 0.394. The fourth-order valence-electron chi connectivity index (χ4n) is 2.81. The van der Waals surface area contributed by atoms with E-state index < -0.39 is 0 Å². The predicted molar refractivity (Wildman–Crippen MR) is 93.0 cm³/mol. The van der Waals surface area contributed by atoms with Crippen molar-refractivity contribution in [3.63, 3.8) is 0 Å². The molecule has 1 saturated heterocycles. The summed E-state index contributed by atoms with van der Waals surface area (Å²) in [6.45, 7) is 3.89. The first kappa shape index (κ1) is 15.9. The van der Waals surface area contributed by atoms with E-state index in [1.54, 1.807) is 14.2 Å². The maximum Gasteiger partial charge on any atom is 0.205 e. The summed E-state index contributed by atoms with van der Waals surface area (Å²) in [5.41, 5.74) is 1.02. The molecule has 1 fully saturated rings. The normalized spacial score (nSPS) is 17.9. The topological polar surface area (TPSA) is 59.5 Å². The van der Waals surface area contributed by atoms with Crippen LogP contribution >= 0.6 is 11.5 Å². The molecule has 3 rings (SSSR count). The summed E-state index contributed by atoms with van der Waals surface area (Å²) in [5.74, 6) is 2.43. The first-order chi connectivity index (χ1) is 11.2. The smallest absolute Gasteiger partial charge is 0.205 e. The van der Waals surface area contributed by atoms with Crippen LogP contribution in [0.1, 0.15) is 18.7 Å². The van der Waals surface area contributed by atoms with Crippen molar-refractivity contribution in [1.29, 1.82) is 0 Å². The van der Waals surface area contributed by atoms with Gasteiger partial charge in [-0.25, -0.2) is 4.98 Å². The first-order valence-electron chi connectivity index (χ1n) is 7.73. The van der Waals surface area contributed by atoms with E-state index in [0.717, 1.165) is 54.1 Å². The fraction of sp³-hybridized carbons (Fsp3) is 0.500. The van der Waals surface area contributed by atoms with Crippen molar-refractivity contribution in [3.8, 4) is 11.5 Å². The van der Waals surface area contributed by atoms with Crippen LogP contribution in [0.4, 0.5) is 10.8 Å². The molecule has 1 aromatic heterocycles. The number of nitrogens with one attached hydrogen (secondary N) is 1. The molecule has 23 heavy (non-hydrogen) atoms. The van der Waals surface area contributed by atoms with Crippen LogP contribution < -0.4 is 19.7 Å². The van der Waals surface area contributed by atoms with E-state index in [4.69, 9.17) is 9.47 Å². The Morgan fingerprint density at radius 1 is 1.22 bits per heavy atom. The summed E-state index contributed by atoms with van der Waals surface area (Å²) in [5, 5.41) is 4.60. The molecule has 0 unspecified atom stereocenters. The van der Waals surface area contributed by atoms with Gasteiger partial charge < -0.3 is 19.7 Å². The number of hydrogen-bond acceptors (Lipinski definition) is 7. The highest BCUT2D eigenvalue weighted by molar-refractivity contribution is 7.09. The SMILES string of the molecule is COc1cc(N[C@H]2CCCN(c3nc(C)ns3)C2)cc(OC)c1. The molecule has 1 atom stereocenters. The number of piperidine rings is 1. The highest BCUT2D eigenvalue weighted by Gasteiger charge is 2.22. The van der Waals surface area contributed by atoms with Gasteiger partial charge >= 0.3 is 0 Å². The number of ether oxygens (including phenoxy) is 2. The van der Waals surface area contributed by atoms with Crippen LogP contribution in [-0.2, 0) is 0 Å². The fourth-order valence-corrected chi connectivity index (χ4v) is 3.52. The summed E-state index contributed by atoms with van der Waals surface area (Å²) in [6.07, 6.45) is 2.27. The number of nitrogens with zero attached hydrogens (tertiary/aromatic N) is 3. The van der Waals surface area contributed by atoms with E-state index in [-0.39, 0.29) is 0 Å². The van der Waals surface area contributed by atoms with Crippen molar-refractivity contribution in [2.24, 2.45) is 0 Å². The zero-order chi connectivity index (χ0) is 16.2. The van der Waals surface area contributed by atoms with Gasteiger partial charge in [-0.1, -0.05) is 0 Å². The Morgan fingerprint density at radius 2 is 1.96 bits per heavy atom. The molecule has 2 aromatic rings. The molecule has 1 aromatic carbocycles. The summed E-state index contributed by atoms with van der Waals surface area (Å²) in [6, 6.07) is 6.24. The minimum Gasteiger partial charge on any atom is -0.497 e. The number of aryl methyl sites for hydroxylation is 1. The summed E-state index contributed by atoms with van der Waals surface area (Å²) in [4.78, 5) is 6.80. The molecule has 0 amide bonds. The number of anilines is 2. The molecule has 7 heteroatoms. The van der Waals surface area contributed by atoms with Gasteiger partial charge in [0, 0.05) is 54.6 Å². The van der Waals surface area contributed by atoms with E-state index in [2.05, 4.69) is 19.6 Å². The maximum atomic E-state index is 5.33. The van der Waals surface area contributed by atoms with Gasteiger partial charge in [-0.3, -0.25) is 0 Å². The Labute approximate surface area is 140 Å². The van der Waals surface area contributed by atoms with Crippen LogP contribution in [0.2, 0.25) is 0 Å². The monoisotopic (exact) mass is 334 g/mol. The molecule has 1 N–H and O–H groups in total. The van der Waals surface area contributed by atoms with Crippen molar-refractivity contribution >= 4 is 22.4 Å². The Morgan fingerprint density at radius 3 is 2.57 bits per heavy atom. The Kier molecular flexibility index (Phi) is 4.85. The molecule has 124 valence electrons. The van der Waals surface area contributed by atoms with Gasteiger partial charge in [0.25, 0.3) is 0 Å². The van der Waals surface area contributed by atoms with E-state index in [9.17, 15) is 0 Å². The molecule has 1 aliphatic rings. The van der Waals surface area contributed by atoms with Crippen LogP contribution in [-0.4, -0.2) is 42.7 Å². The largest absolute Gasteiger partial charge is 0.497 e. The first-order valence-corrected chi connectivity index (χ1v) is 8.50. The second-order valence-corrected chi connectivity index (χ2v) is 6.39. The van der Waals surface area contributed by atoms with Crippen LogP contribution in [0, 0.1) is 6.92 Å². The Bertz CT molecular complexity index is 639. The number of benzene rings is 1.